The highest BCUT2D eigenvalue weighted by molar-refractivity contribution is 14.1. The minimum absolute atomic E-state index is 0.116. The molecule has 23 heavy (non-hydrogen) atoms. The van der Waals surface area contributed by atoms with Crippen LogP contribution in [0.15, 0.2) is 53.4 Å². The maximum Gasteiger partial charge on any atom is 0.238 e. The summed E-state index contributed by atoms with van der Waals surface area (Å²) in [5.74, 6) is 0. The van der Waals surface area contributed by atoms with Crippen molar-refractivity contribution >= 4 is 55.6 Å². The first kappa shape index (κ1) is 18.1. The van der Waals surface area contributed by atoms with Crippen molar-refractivity contribution in [2.75, 3.05) is 11.9 Å². The second-order valence-corrected chi connectivity index (χ2v) is 7.93. The van der Waals surface area contributed by atoms with Gasteiger partial charge in [0.05, 0.1) is 10.6 Å². The van der Waals surface area contributed by atoms with Gasteiger partial charge in [0.15, 0.2) is 5.11 Å². The van der Waals surface area contributed by atoms with Gasteiger partial charge in [0.1, 0.15) is 0 Å². The predicted molar refractivity (Wildman–Crippen MR) is 105 cm³/mol. The van der Waals surface area contributed by atoms with Crippen molar-refractivity contribution in [2.45, 2.75) is 11.3 Å². The molecule has 0 heterocycles. The van der Waals surface area contributed by atoms with Crippen molar-refractivity contribution < 1.29 is 8.42 Å². The van der Waals surface area contributed by atoms with Crippen molar-refractivity contribution in [2.24, 2.45) is 5.14 Å². The van der Waals surface area contributed by atoms with Crippen LogP contribution in [0.5, 0.6) is 0 Å². The molecule has 0 aliphatic carbocycles. The number of sulfonamides is 1. The smallest absolute Gasteiger partial charge is 0.238 e. The summed E-state index contributed by atoms with van der Waals surface area (Å²) >= 11 is 7.50. The topological polar surface area (TPSA) is 84.2 Å². The molecule has 0 unspecified atom stereocenters. The van der Waals surface area contributed by atoms with Crippen LogP contribution in [0, 0.1) is 3.57 Å². The van der Waals surface area contributed by atoms with Crippen LogP contribution in [-0.2, 0) is 16.4 Å². The Labute approximate surface area is 154 Å². The number of thiocarbonyl (C=S) groups is 1. The Kier molecular flexibility index (Phi) is 6.33. The normalized spacial score (nSPS) is 11.0. The monoisotopic (exact) mass is 461 g/mol. The molecule has 4 N–H and O–H groups in total. The van der Waals surface area contributed by atoms with E-state index in [2.05, 4.69) is 33.2 Å². The second-order valence-electron chi connectivity index (χ2n) is 4.80. The Hall–Kier alpha value is -1.23. The number of para-hydroxylation sites is 1. The predicted octanol–water partition coefficient (Wildman–Crippen LogP) is 2.47. The van der Waals surface area contributed by atoms with Crippen LogP contribution in [0.3, 0.4) is 0 Å². The number of rotatable bonds is 5. The zero-order valence-corrected chi connectivity index (χ0v) is 15.9. The number of primary sulfonamides is 1. The highest BCUT2D eigenvalue weighted by Gasteiger charge is 2.06. The molecule has 2 rings (SSSR count). The molecule has 0 aromatic heterocycles. The first-order chi connectivity index (χ1) is 10.9. The zero-order chi connectivity index (χ0) is 16.9. The average molecular weight is 461 g/mol. The van der Waals surface area contributed by atoms with E-state index >= 15 is 0 Å². The molecule has 122 valence electrons. The summed E-state index contributed by atoms with van der Waals surface area (Å²) in [4.78, 5) is 0.116. The van der Waals surface area contributed by atoms with Gasteiger partial charge in [-0.1, -0.05) is 24.3 Å². The highest BCUT2D eigenvalue weighted by Crippen LogP contribution is 2.16. The summed E-state index contributed by atoms with van der Waals surface area (Å²) < 4.78 is 23.5. The van der Waals surface area contributed by atoms with E-state index < -0.39 is 10.0 Å². The van der Waals surface area contributed by atoms with E-state index in [9.17, 15) is 8.42 Å². The third-order valence-corrected chi connectivity index (χ3v) is 5.19. The largest absolute Gasteiger partial charge is 0.362 e. The summed E-state index contributed by atoms with van der Waals surface area (Å²) in [6.45, 7) is 0.643. The number of anilines is 1. The Morgan fingerprint density at radius 3 is 2.39 bits per heavy atom. The fourth-order valence-corrected chi connectivity index (χ4v) is 3.14. The molecule has 0 aliphatic rings. The fourth-order valence-electron chi connectivity index (χ4n) is 1.90. The summed E-state index contributed by atoms with van der Waals surface area (Å²) in [5.41, 5.74) is 1.96. The van der Waals surface area contributed by atoms with E-state index in [1.807, 2.05) is 24.3 Å². The molecule has 0 aliphatic heterocycles. The zero-order valence-electron chi connectivity index (χ0n) is 12.1. The Balaban J connectivity index is 1.83. The average Bonchev–Trinajstić information content (AvgIpc) is 2.49. The highest BCUT2D eigenvalue weighted by atomic mass is 127. The SMILES string of the molecule is NS(=O)(=O)c1ccc(CCNC(=S)Nc2ccccc2I)cc1. The molecule has 0 saturated heterocycles. The lowest BCUT2D eigenvalue weighted by molar-refractivity contribution is 0.598. The number of hydrogen-bond donors (Lipinski definition) is 3. The summed E-state index contributed by atoms with van der Waals surface area (Å²) in [7, 11) is -3.64. The summed E-state index contributed by atoms with van der Waals surface area (Å²) in [5, 5.41) is 11.9. The minimum Gasteiger partial charge on any atom is -0.362 e. The van der Waals surface area contributed by atoms with Gasteiger partial charge in [-0.25, -0.2) is 13.6 Å². The maximum absolute atomic E-state index is 11.2. The van der Waals surface area contributed by atoms with Crippen LogP contribution in [0.25, 0.3) is 0 Å². The molecule has 0 radical (unpaired) electrons. The lowest BCUT2D eigenvalue weighted by Gasteiger charge is -2.11. The van der Waals surface area contributed by atoms with Gasteiger partial charge in [0, 0.05) is 10.1 Å². The molecule has 2 aromatic rings. The molecule has 8 heteroatoms. The number of nitrogens with one attached hydrogen (secondary N) is 2. The lowest BCUT2D eigenvalue weighted by atomic mass is 10.1. The second kappa shape index (κ2) is 8.04. The van der Waals surface area contributed by atoms with Crippen LogP contribution >= 0.6 is 34.8 Å². The molecular formula is C15H16IN3O2S2. The number of halogens is 1. The number of nitrogens with two attached hydrogens (primary N) is 1. The first-order valence-corrected chi connectivity index (χ1v) is 9.81. The van der Waals surface area contributed by atoms with Crippen molar-refractivity contribution in [1.29, 1.82) is 0 Å². The van der Waals surface area contributed by atoms with Gasteiger partial charge in [-0.2, -0.15) is 0 Å². The van der Waals surface area contributed by atoms with E-state index in [1.165, 1.54) is 12.1 Å². The van der Waals surface area contributed by atoms with Crippen molar-refractivity contribution in [1.82, 2.24) is 5.32 Å². The van der Waals surface area contributed by atoms with Gasteiger partial charge in [0.25, 0.3) is 0 Å². The molecule has 0 saturated carbocycles. The van der Waals surface area contributed by atoms with Crippen LogP contribution < -0.4 is 15.8 Å². The maximum atomic E-state index is 11.2. The number of benzene rings is 2. The standard InChI is InChI=1S/C15H16IN3O2S2/c16-13-3-1-2-4-14(13)19-15(22)18-10-9-11-5-7-12(8-6-11)23(17,20)21/h1-8H,9-10H2,(H2,17,20,21)(H2,18,19,22). The molecule has 5 nitrogen and oxygen atoms in total. The molecule has 0 fully saturated rings. The number of hydrogen-bond acceptors (Lipinski definition) is 3. The third kappa shape index (κ3) is 5.72. The first-order valence-electron chi connectivity index (χ1n) is 6.77. The third-order valence-electron chi connectivity index (χ3n) is 3.07. The van der Waals surface area contributed by atoms with E-state index in [0.717, 1.165) is 21.2 Å². The Morgan fingerprint density at radius 2 is 1.78 bits per heavy atom. The molecule has 0 amide bonds. The lowest BCUT2D eigenvalue weighted by Crippen LogP contribution is -2.30. The molecule has 2 aromatic carbocycles. The molecule has 0 atom stereocenters. The van der Waals surface area contributed by atoms with E-state index in [4.69, 9.17) is 17.4 Å². The van der Waals surface area contributed by atoms with E-state index in [-0.39, 0.29) is 4.90 Å². The van der Waals surface area contributed by atoms with Crippen LogP contribution in [0.2, 0.25) is 0 Å². The van der Waals surface area contributed by atoms with Crippen LogP contribution in [0.4, 0.5) is 5.69 Å². The van der Waals surface area contributed by atoms with Gasteiger partial charge in [-0.15, -0.1) is 0 Å². The molecule has 0 spiro atoms. The van der Waals surface area contributed by atoms with Gasteiger partial charge < -0.3 is 10.6 Å². The van der Waals surface area contributed by atoms with E-state index in [1.54, 1.807) is 12.1 Å². The van der Waals surface area contributed by atoms with Gasteiger partial charge in [0.2, 0.25) is 10.0 Å². The van der Waals surface area contributed by atoms with Crippen molar-refractivity contribution in [3.8, 4) is 0 Å². The van der Waals surface area contributed by atoms with Crippen LogP contribution in [0.1, 0.15) is 5.56 Å². The summed E-state index contributed by atoms with van der Waals surface area (Å²) in [6.07, 6.45) is 0.721. The molecular weight excluding hydrogens is 445 g/mol. The Bertz CT molecular complexity index is 793. The minimum atomic E-state index is -3.64. The quantitative estimate of drug-likeness (QED) is 0.471. The van der Waals surface area contributed by atoms with E-state index in [0.29, 0.717) is 11.7 Å². The Morgan fingerprint density at radius 1 is 1.13 bits per heavy atom. The van der Waals surface area contributed by atoms with Gasteiger partial charge >= 0.3 is 0 Å². The fraction of sp³-hybridized carbons (Fsp3) is 0.133. The summed E-state index contributed by atoms with van der Waals surface area (Å²) in [6, 6.07) is 14.4. The van der Waals surface area contributed by atoms with Crippen molar-refractivity contribution in [3.05, 3.63) is 57.7 Å². The van der Waals surface area contributed by atoms with Gasteiger partial charge in [-0.3, -0.25) is 0 Å². The molecule has 0 bridgehead atoms. The van der Waals surface area contributed by atoms with Crippen LogP contribution in [-0.4, -0.2) is 20.1 Å². The van der Waals surface area contributed by atoms with Crippen molar-refractivity contribution in [3.63, 3.8) is 0 Å². The van der Waals surface area contributed by atoms with Gasteiger partial charge in [-0.05, 0) is 71.1 Å².